The smallest absolute Gasteiger partial charge is 0.139 e. The Morgan fingerprint density at radius 3 is 2.43 bits per heavy atom. The van der Waals surface area contributed by atoms with E-state index in [4.69, 9.17) is 4.98 Å². The molecule has 0 aliphatic rings. The third-order valence-electron chi connectivity index (χ3n) is 7.56. The second-order valence-electron chi connectivity index (χ2n) is 11.0. The average Bonchev–Trinajstić information content (AvgIpc) is 3.25. The van der Waals surface area contributed by atoms with Crippen molar-refractivity contribution in [1.29, 1.82) is 0 Å². The summed E-state index contributed by atoms with van der Waals surface area (Å²) in [5.41, 5.74) is 8.65. The number of carbonyl (C=O) groups is 1. The lowest BCUT2D eigenvalue weighted by atomic mass is 9.81. The molecule has 1 aromatic carbocycles. The Kier molecular flexibility index (Phi) is 8.23. The van der Waals surface area contributed by atoms with E-state index in [0.29, 0.717) is 0 Å². The van der Waals surface area contributed by atoms with Crippen molar-refractivity contribution < 1.29 is 4.79 Å². The number of pyridine rings is 2. The highest BCUT2D eigenvalue weighted by Gasteiger charge is 2.28. The van der Waals surface area contributed by atoms with Crippen LogP contribution in [-0.2, 0) is 16.6 Å². The molecule has 0 bridgehead atoms. The first-order chi connectivity index (χ1) is 17.7. The Bertz CT molecular complexity index is 1350. The molecule has 37 heavy (non-hydrogen) atoms. The standard InChI is InChI=1S/C32H40N4O/c1-21-15-22(2)17-26(16-21)30-29(23(3)19-34-12-8-7-9-25-10-13-33-14-11-25)28-18-27(20-35-31(28)36-30)32(5,6)24(4)37/h10-11,13-18,20,23,34H,7-9,12,19H2,1-6H3,(H,35,36)/t23-/m1/s1. The number of ketones is 1. The number of hydrogen-bond donors (Lipinski definition) is 2. The molecule has 5 nitrogen and oxygen atoms in total. The van der Waals surface area contributed by atoms with Crippen LogP contribution in [0.3, 0.4) is 0 Å². The van der Waals surface area contributed by atoms with Crippen LogP contribution in [0, 0.1) is 13.8 Å². The van der Waals surface area contributed by atoms with Gasteiger partial charge in [-0.2, -0.15) is 0 Å². The zero-order chi connectivity index (χ0) is 26.6. The van der Waals surface area contributed by atoms with Gasteiger partial charge in [0.15, 0.2) is 0 Å². The number of nitrogens with zero attached hydrogens (tertiary/aromatic N) is 2. The summed E-state index contributed by atoms with van der Waals surface area (Å²) in [5, 5.41) is 4.79. The van der Waals surface area contributed by atoms with Crippen molar-refractivity contribution in [3.63, 3.8) is 0 Å². The lowest BCUT2D eigenvalue weighted by molar-refractivity contribution is -0.121. The van der Waals surface area contributed by atoms with Gasteiger partial charge < -0.3 is 10.3 Å². The summed E-state index contributed by atoms with van der Waals surface area (Å²) in [4.78, 5) is 24.9. The molecular formula is C32H40N4O. The van der Waals surface area contributed by atoms with Gasteiger partial charge in [0.1, 0.15) is 11.4 Å². The van der Waals surface area contributed by atoms with Gasteiger partial charge in [-0.25, -0.2) is 4.98 Å². The van der Waals surface area contributed by atoms with Crippen molar-refractivity contribution in [2.75, 3.05) is 13.1 Å². The minimum atomic E-state index is -0.577. The molecule has 1 atom stereocenters. The first-order valence-electron chi connectivity index (χ1n) is 13.4. The van der Waals surface area contributed by atoms with Gasteiger partial charge >= 0.3 is 0 Å². The molecule has 5 heteroatoms. The van der Waals surface area contributed by atoms with E-state index >= 15 is 0 Å². The SMILES string of the molecule is CC(=O)C(C)(C)c1cnc2[nH]c(-c3cc(C)cc(C)c3)c([C@H](C)CNCCCCc3ccncc3)c2c1. The summed E-state index contributed by atoms with van der Waals surface area (Å²) in [6.07, 6.45) is 8.94. The minimum absolute atomic E-state index is 0.141. The summed E-state index contributed by atoms with van der Waals surface area (Å²) in [5.74, 6) is 0.406. The number of Topliss-reactive ketones (excluding diaryl/α,β-unsaturated/α-hetero) is 1. The van der Waals surface area contributed by atoms with Gasteiger partial charge in [0, 0.05) is 35.9 Å². The molecule has 4 rings (SSSR count). The number of aromatic nitrogens is 3. The van der Waals surface area contributed by atoms with E-state index in [1.807, 2.05) is 32.4 Å². The van der Waals surface area contributed by atoms with Crippen LogP contribution in [0.5, 0.6) is 0 Å². The van der Waals surface area contributed by atoms with Crippen LogP contribution in [0.1, 0.15) is 74.3 Å². The molecule has 4 aromatic rings. The molecule has 0 radical (unpaired) electrons. The summed E-state index contributed by atoms with van der Waals surface area (Å²) >= 11 is 0. The van der Waals surface area contributed by atoms with Crippen LogP contribution in [0.15, 0.2) is 55.0 Å². The minimum Gasteiger partial charge on any atom is -0.339 e. The summed E-state index contributed by atoms with van der Waals surface area (Å²) in [6.45, 7) is 14.0. The van der Waals surface area contributed by atoms with Crippen molar-refractivity contribution in [1.82, 2.24) is 20.3 Å². The number of carbonyl (C=O) groups excluding carboxylic acids is 1. The lowest BCUT2D eigenvalue weighted by Crippen LogP contribution is -2.26. The third kappa shape index (κ3) is 6.16. The van der Waals surface area contributed by atoms with E-state index in [1.54, 1.807) is 6.92 Å². The molecule has 0 saturated carbocycles. The number of fused-ring (bicyclic) bond motifs is 1. The van der Waals surface area contributed by atoms with E-state index in [9.17, 15) is 4.79 Å². The number of hydrogen-bond acceptors (Lipinski definition) is 4. The predicted molar refractivity (Wildman–Crippen MR) is 153 cm³/mol. The summed E-state index contributed by atoms with van der Waals surface area (Å²) in [7, 11) is 0. The van der Waals surface area contributed by atoms with Crippen LogP contribution in [-0.4, -0.2) is 33.8 Å². The van der Waals surface area contributed by atoms with E-state index in [1.165, 1.54) is 27.8 Å². The quantitative estimate of drug-likeness (QED) is 0.223. The van der Waals surface area contributed by atoms with Crippen LogP contribution in [0.4, 0.5) is 0 Å². The van der Waals surface area contributed by atoms with E-state index < -0.39 is 5.41 Å². The Labute approximate surface area is 221 Å². The molecule has 2 N–H and O–H groups in total. The predicted octanol–water partition coefficient (Wildman–Crippen LogP) is 6.82. The van der Waals surface area contributed by atoms with Crippen molar-refractivity contribution in [3.8, 4) is 11.3 Å². The van der Waals surface area contributed by atoms with Crippen LogP contribution in [0.25, 0.3) is 22.3 Å². The Morgan fingerprint density at radius 2 is 1.76 bits per heavy atom. The average molecular weight is 497 g/mol. The van der Waals surface area contributed by atoms with Crippen LogP contribution >= 0.6 is 0 Å². The molecule has 0 aliphatic carbocycles. The zero-order valence-corrected chi connectivity index (χ0v) is 23.1. The molecule has 3 heterocycles. The molecule has 194 valence electrons. The maximum Gasteiger partial charge on any atom is 0.139 e. The number of aryl methyl sites for hydroxylation is 3. The molecule has 0 saturated heterocycles. The fraction of sp³-hybridized carbons (Fsp3) is 0.406. The first kappa shape index (κ1) is 26.7. The fourth-order valence-corrected chi connectivity index (χ4v) is 5.04. The summed E-state index contributed by atoms with van der Waals surface area (Å²) < 4.78 is 0. The fourth-order valence-electron chi connectivity index (χ4n) is 5.04. The largest absolute Gasteiger partial charge is 0.339 e. The molecule has 0 amide bonds. The number of unbranched alkanes of at least 4 members (excludes halogenated alkanes) is 1. The number of aromatic amines is 1. The van der Waals surface area contributed by atoms with Crippen molar-refractivity contribution in [2.45, 2.75) is 72.1 Å². The highest BCUT2D eigenvalue weighted by Crippen LogP contribution is 2.37. The van der Waals surface area contributed by atoms with E-state index in [2.05, 4.69) is 72.5 Å². The normalized spacial score (nSPS) is 12.7. The van der Waals surface area contributed by atoms with Gasteiger partial charge in [-0.05, 0) is 119 Å². The monoisotopic (exact) mass is 496 g/mol. The Hall–Kier alpha value is -3.31. The molecule has 0 unspecified atom stereocenters. The lowest BCUT2D eigenvalue weighted by Gasteiger charge is -2.22. The van der Waals surface area contributed by atoms with Gasteiger partial charge in [0.05, 0.1) is 5.69 Å². The van der Waals surface area contributed by atoms with Gasteiger partial charge in [-0.15, -0.1) is 0 Å². The van der Waals surface area contributed by atoms with E-state index in [-0.39, 0.29) is 11.7 Å². The second kappa shape index (κ2) is 11.4. The highest BCUT2D eigenvalue weighted by molar-refractivity contribution is 5.92. The number of benzene rings is 1. The molecule has 0 aliphatic heterocycles. The van der Waals surface area contributed by atoms with Gasteiger partial charge in [0.25, 0.3) is 0 Å². The van der Waals surface area contributed by atoms with Crippen molar-refractivity contribution in [2.24, 2.45) is 0 Å². The number of rotatable bonds is 11. The molecule has 0 spiro atoms. The van der Waals surface area contributed by atoms with Gasteiger partial charge in [-0.1, -0.05) is 24.1 Å². The van der Waals surface area contributed by atoms with Crippen LogP contribution in [0.2, 0.25) is 0 Å². The molecule has 0 fully saturated rings. The number of H-pyrrole nitrogens is 1. The number of nitrogens with one attached hydrogen (secondary N) is 2. The van der Waals surface area contributed by atoms with Crippen molar-refractivity contribution >= 4 is 16.8 Å². The highest BCUT2D eigenvalue weighted by atomic mass is 16.1. The summed E-state index contributed by atoms with van der Waals surface area (Å²) in [6, 6.07) is 13.0. The van der Waals surface area contributed by atoms with Gasteiger partial charge in [0.2, 0.25) is 0 Å². The molecule has 3 aromatic heterocycles. The molecular weight excluding hydrogens is 456 g/mol. The van der Waals surface area contributed by atoms with Crippen molar-refractivity contribution in [3.05, 3.63) is 82.8 Å². The Morgan fingerprint density at radius 1 is 1.05 bits per heavy atom. The van der Waals surface area contributed by atoms with E-state index in [0.717, 1.165) is 54.6 Å². The third-order valence-corrected chi connectivity index (χ3v) is 7.56. The maximum absolute atomic E-state index is 12.4. The van der Waals surface area contributed by atoms with Crippen LogP contribution < -0.4 is 5.32 Å². The van der Waals surface area contributed by atoms with Gasteiger partial charge in [-0.3, -0.25) is 9.78 Å². The zero-order valence-electron chi connectivity index (χ0n) is 23.1. The maximum atomic E-state index is 12.4. The first-order valence-corrected chi connectivity index (χ1v) is 13.4. The second-order valence-corrected chi connectivity index (χ2v) is 11.0. The topological polar surface area (TPSA) is 70.7 Å². The Balaban J connectivity index is 1.58.